The standard InChI is InChI=1S/C22H22N2O5/c1-13-19(21(27)22(23)28)20-15(17(25)11-18(26)29-2)9-6-10-16(20)24(13)12-14-7-4-3-5-8-14/h3-10,17,25H,11-12H2,1-2H3,(H2,23,28). The van der Waals surface area contributed by atoms with Crippen molar-refractivity contribution in [3.8, 4) is 0 Å². The summed E-state index contributed by atoms with van der Waals surface area (Å²) in [6, 6.07) is 14.8. The summed E-state index contributed by atoms with van der Waals surface area (Å²) in [5, 5.41) is 11.0. The van der Waals surface area contributed by atoms with Crippen molar-refractivity contribution in [2.75, 3.05) is 7.11 Å². The Kier molecular flexibility index (Phi) is 5.79. The number of benzene rings is 2. The zero-order valence-electron chi connectivity index (χ0n) is 16.2. The van der Waals surface area contributed by atoms with Gasteiger partial charge in [0.2, 0.25) is 0 Å². The molecule has 29 heavy (non-hydrogen) atoms. The molecule has 0 aliphatic carbocycles. The molecule has 150 valence electrons. The summed E-state index contributed by atoms with van der Waals surface area (Å²) < 4.78 is 6.53. The molecule has 1 atom stereocenters. The zero-order chi connectivity index (χ0) is 21.1. The Morgan fingerprint density at radius 1 is 1.10 bits per heavy atom. The molecule has 1 aromatic heterocycles. The summed E-state index contributed by atoms with van der Waals surface area (Å²) in [6.45, 7) is 2.20. The minimum atomic E-state index is -1.20. The van der Waals surface area contributed by atoms with Gasteiger partial charge in [0.05, 0.1) is 25.2 Å². The summed E-state index contributed by atoms with van der Waals surface area (Å²) in [5.74, 6) is -2.50. The van der Waals surface area contributed by atoms with Gasteiger partial charge in [0.25, 0.3) is 11.7 Å². The number of nitrogens with two attached hydrogens (primary N) is 1. The number of nitrogens with zero attached hydrogens (tertiary/aromatic N) is 1. The summed E-state index contributed by atoms with van der Waals surface area (Å²) >= 11 is 0. The Balaban J connectivity index is 2.24. The van der Waals surface area contributed by atoms with Crippen LogP contribution in [0, 0.1) is 6.92 Å². The average Bonchev–Trinajstić information content (AvgIpc) is 2.99. The van der Waals surface area contributed by atoms with E-state index < -0.39 is 23.8 Å². The smallest absolute Gasteiger partial charge is 0.308 e. The maximum Gasteiger partial charge on any atom is 0.308 e. The molecule has 3 N–H and O–H groups in total. The fraction of sp³-hybridized carbons (Fsp3) is 0.227. The zero-order valence-corrected chi connectivity index (χ0v) is 16.2. The van der Waals surface area contributed by atoms with Crippen LogP contribution in [-0.4, -0.2) is 34.4 Å². The van der Waals surface area contributed by atoms with Crippen LogP contribution < -0.4 is 5.73 Å². The lowest BCUT2D eigenvalue weighted by molar-refractivity contribution is -0.142. The molecule has 1 heterocycles. The molecular formula is C22H22N2O5. The van der Waals surface area contributed by atoms with Gasteiger partial charge in [0.1, 0.15) is 0 Å². The third-order valence-electron chi connectivity index (χ3n) is 4.96. The van der Waals surface area contributed by atoms with Crippen LogP contribution in [0.15, 0.2) is 48.5 Å². The summed E-state index contributed by atoms with van der Waals surface area (Å²) in [7, 11) is 1.23. The number of ketones is 1. The number of aliphatic hydroxyl groups is 1. The van der Waals surface area contributed by atoms with Crippen molar-refractivity contribution in [1.29, 1.82) is 0 Å². The Morgan fingerprint density at radius 3 is 2.41 bits per heavy atom. The number of aliphatic hydroxyl groups excluding tert-OH is 1. The SMILES string of the molecule is COC(=O)CC(O)c1cccc2c1c(C(=O)C(N)=O)c(C)n2Cc1ccccc1. The van der Waals surface area contributed by atoms with E-state index in [1.54, 1.807) is 25.1 Å². The molecule has 0 radical (unpaired) electrons. The van der Waals surface area contributed by atoms with Crippen LogP contribution in [0.4, 0.5) is 0 Å². The highest BCUT2D eigenvalue weighted by Crippen LogP contribution is 2.34. The Bertz CT molecular complexity index is 1090. The van der Waals surface area contributed by atoms with Crippen molar-refractivity contribution in [2.24, 2.45) is 5.73 Å². The third kappa shape index (κ3) is 3.90. The first-order valence-corrected chi connectivity index (χ1v) is 9.09. The predicted molar refractivity (Wildman–Crippen MR) is 107 cm³/mol. The van der Waals surface area contributed by atoms with Crippen molar-refractivity contribution in [3.63, 3.8) is 0 Å². The van der Waals surface area contributed by atoms with Gasteiger partial charge in [-0.15, -0.1) is 0 Å². The second kappa shape index (κ2) is 8.28. The number of carbonyl (C=O) groups excluding carboxylic acids is 3. The van der Waals surface area contributed by atoms with E-state index in [9.17, 15) is 19.5 Å². The Hall–Kier alpha value is -3.45. The number of Topliss-reactive ketones (excluding diaryl/α,β-unsaturated/α-hetero) is 1. The highest BCUT2D eigenvalue weighted by Gasteiger charge is 2.27. The first-order valence-electron chi connectivity index (χ1n) is 9.09. The number of primary amides is 1. The molecule has 2 aromatic carbocycles. The first-order chi connectivity index (χ1) is 13.8. The molecule has 3 aromatic rings. The van der Waals surface area contributed by atoms with Crippen molar-refractivity contribution in [3.05, 3.63) is 70.9 Å². The van der Waals surface area contributed by atoms with E-state index >= 15 is 0 Å². The van der Waals surface area contributed by atoms with Crippen molar-refractivity contribution >= 4 is 28.6 Å². The quantitative estimate of drug-likeness (QED) is 0.363. The van der Waals surface area contributed by atoms with Crippen LogP contribution in [-0.2, 0) is 20.9 Å². The molecule has 0 fully saturated rings. The maximum atomic E-state index is 12.6. The first kappa shape index (κ1) is 20.3. The van der Waals surface area contributed by atoms with Gasteiger partial charge in [-0.05, 0) is 24.1 Å². The molecule has 0 saturated heterocycles. The number of esters is 1. The fourth-order valence-corrected chi connectivity index (χ4v) is 3.55. The number of hydrogen-bond donors (Lipinski definition) is 2. The molecule has 7 heteroatoms. The number of amides is 1. The van der Waals surface area contributed by atoms with E-state index in [4.69, 9.17) is 5.73 Å². The summed E-state index contributed by atoms with van der Waals surface area (Å²) in [4.78, 5) is 36.0. The monoisotopic (exact) mass is 394 g/mol. The highest BCUT2D eigenvalue weighted by molar-refractivity contribution is 6.45. The normalized spacial score (nSPS) is 12.0. The molecule has 0 bridgehead atoms. The van der Waals surface area contributed by atoms with Gasteiger partial charge >= 0.3 is 5.97 Å². The topological polar surface area (TPSA) is 112 Å². The summed E-state index contributed by atoms with van der Waals surface area (Å²) in [6.07, 6.45) is -1.47. The van der Waals surface area contributed by atoms with E-state index in [1.807, 2.05) is 34.9 Å². The van der Waals surface area contributed by atoms with Crippen LogP contribution in [0.2, 0.25) is 0 Å². The van der Waals surface area contributed by atoms with Crippen LogP contribution >= 0.6 is 0 Å². The number of methoxy groups -OCH3 is 1. The molecule has 1 unspecified atom stereocenters. The van der Waals surface area contributed by atoms with Gasteiger partial charge in [-0.25, -0.2) is 0 Å². The van der Waals surface area contributed by atoms with Crippen LogP contribution in [0.5, 0.6) is 0 Å². The lowest BCUT2D eigenvalue weighted by Crippen LogP contribution is -2.24. The molecule has 3 rings (SSSR count). The van der Waals surface area contributed by atoms with Gasteiger partial charge in [-0.3, -0.25) is 14.4 Å². The van der Waals surface area contributed by atoms with Crippen LogP contribution in [0.25, 0.3) is 10.9 Å². The van der Waals surface area contributed by atoms with Crippen molar-refractivity contribution < 1.29 is 24.2 Å². The van der Waals surface area contributed by atoms with Gasteiger partial charge < -0.3 is 20.1 Å². The van der Waals surface area contributed by atoms with E-state index in [1.165, 1.54) is 7.11 Å². The number of rotatable bonds is 7. The Morgan fingerprint density at radius 2 is 1.79 bits per heavy atom. The molecule has 0 saturated carbocycles. The average molecular weight is 394 g/mol. The van der Waals surface area contributed by atoms with Crippen molar-refractivity contribution in [2.45, 2.75) is 26.0 Å². The third-order valence-corrected chi connectivity index (χ3v) is 4.96. The number of hydrogen-bond acceptors (Lipinski definition) is 5. The second-order valence-electron chi connectivity index (χ2n) is 6.76. The highest BCUT2D eigenvalue weighted by atomic mass is 16.5. The van der Waals surface area contributed by atoms with Crippen LogP contribution in [0.3, 0.4) is 0 Å². The van der Waals surface area contributed by atoms with Gasteiger partial charge in [0.15, 0.2) is 0 Å². The Labute approximate surface area is 167 Å². The van der Waals surface area contributed by atoms with E-state index in [-0.39, 0.29) is 12.0 Å². The van der Waals surface area contributed by atoms with Gasteiger partial charge in [0, 0.05) is 23.1 Å². The van der Waals surface area contributed by atoms with Gasteiger partial charge in [-0.2, -0.15) is 0 Å². The number of aromatic nitrogens is 1. The minimum absolute atomic E-state index is 0.142. The largest absolute Gasteiger partial charge is 0.469 e. The molecule has 7 nitrogen and oxygen atoms in total. The van der Waals surface area contributed by atoms with Crippen LogP contribution in [0.1, 0.15) is 39.7 Å². The molecule has 0 spiro atoms. The number of carbonyl (C=O) groups is 3. The molecular weight excluding hydrogens is 372 g/mol. The van der Waals surface area contributed by atoms with E-state index in [0.717, 1.165) is 5.56 Å². The molecule has 1 amide bonds. The maximum absolute atomic E-state index is 12.6. The molecule has 0 aliphatic heterocycles. The second-order valence-corrected chi connectivity index (χ2v) is 6.76. The van der Waals surface area contributed by atoms with E-state index in [2.05, 4.69) is 4.74 Å². The number of ether oxygens (including phenoxy) is 1. The predicted octanol–water partition coefficient (Wildman–Crippen LogP) is 2.26. The fourth-order valence-electron chi connectivity index (χ4n) is 3.55. The summed E-state index contributed by atoms with van der Waals surface area (Å²) in [5.41, 5.74) is 8.02. The molecule has 0 aliphatic rings. The van der Waals surface area contributed by atoms with Crippen molar-refractivity contribution in [1.82, 2.24) is 4.57 Å². The number of fused-ring (bicyclic) bond motifs is 1. The van der Waals surface area contributed by atoms with E-state index in [0.29, 0.717) is 28.7 Å². The lowest BCUT2D eigenvalue weighted by atomic mass is 9.97. The lowest BCUT2D eigenvalue weighted by Gasteiger charge is -2.13. The minimum Gasteiger partial charge on any atom is -0.469 e. The van der Waals surface area contributed by atoms with Gasteiger partial charge in [-0.1, -0.05) is 42.5 Å².